The minimum atomic E-state index is -0.509. The van der Waals surface area contributed by atoms with E-state index >= 15 is 0 Å². The van der Waals surface area contributed by atoms with Crippen LogP contribution in [0.15, 0.2) is 0 Å². The third-order valence-electron chi connectivity index (χ3n) is 3.85. The molecule has 0 spiro atoms. The molecular formula is C16H23NO4S. The number of ether oxygens (including phenoxy) is 2. The second-order valence-electron chi connectivity index (χ2n) is 5.66. The van der Waals surface area contributed by atoms with E-state index in [4.69, 9.17) is 9.47 Å². The second kappa shape index (κ2) is 7.63. The highest BCUT2D eigenvalue weighted by atomic mass is 32.1. The van der Waals surface area contributed by atoms with E-state index in [9.17, 15) is 9.59 Å². The summed E-state index contributed by atoms with van der Waals surface area (Å²) >= 11 is 1.46. The minimum Gasteiger partial charge on any atom is -0.465 e. The van der Waals surface area contributed by atoms with E-state index in [1.807, 2.05) is 6.92 Å². The molecule has 1 aromatic rings. The van der Waals surface area contributed by atoms with Crippen LogP contribution in [0.5, 0.6) is 0 Å². The van der Waals surface area contributed by atoms with Crippen molar-refractivity contribution in [1.82, 2.24) is 0 Å². The van der Waals surface area contributed by atoms with E-state index < -0.39 is 12.1 Å². The van der Waals surface area contributed by atoms with Crippen molar-refractivity contribution in [3.8, 4) is 0 Å². The normalized spacial score (nSPS) is 16.8. The number of unbranched alkanes of at least 4 members (excludes halogenated alkanes) is 1. The molecule has 1 amide bonds. The first-order valence-electron chi connectivity index (χ1n) is 7.73. The summed E-state index contributed by atoms with van der Waals surface area (Å²) in [6, 6.07) is 0. The molecule has 5 nitrogen and oxygen atoms in total. The Labute approximate surface area is 135 Å². The Kier molecular flexibility index (Phi) is 5.83. The van der Waals surface area contributed by atoms with Crippen LogP contribution in [0.25, 0.3) is 0 Å². The minimum absolute atomic E-state index is 0.387. The van der Waals surface area contributed by atoms with Crippen molar-refractivity contribution in [3.05, 3.63) is 16.0 Å². The number of fused-ring (bicyclic) bond motifs is 1. The quantitative estimate of drug-likeness (QED) is 0.656. The Hall–Kier alpha value is -1.56. The van der Waals surface area contributed by atoms with Crippen LogP contribution in [0.2, 0.25) is 0 Å². The van der Waals surface area contributed by atoms with Crippen LogP contribution >= 0.6 is 11.3 Å². The van der Waals surface area contributed by atoms with Crippen LogP contribution in [0.3, 0.4) is 0 Å². The van der Waals surface area contributed by atoms with Gasteiger partial charge in [0.25, 0.3) is 0 Å². The SMILES string of the molecule is CCCCOC(=O)Nc1sc2c(c1C(=O)OC)CC[C@@H](C)C2. The van der Waals surface area contributed by atoms with Crippen molar-refractivity contribution < 1.29 is 19.1 Å². The van der Waals surface area contributed by atoms with Gasteiger partial charge in [0.15, 0.2) is 0 Å². The lowest BCUT2D eigenvalue weighted by Crippen LogP contribution is -2.17. The first-order valence-corrected chi connectivity index (χ1v) is 8.55. The van der Waals surface area contributed by atoms with Crippen molar-refractivity contribution >= 4 is 28.4 Å². The summed E-state index contributed by atoms with van der Waals surface area (Å²) < 4.78 is 10.00. The largest absolute Gasteiger partial charge is 0.465 e. The fourth-order valence-corrected chi connectivity index (χ4v) is 3.98. The van der Waals surface area contributed by atoms with E-state index in [-0.39, 0.29) is 0 Å². The van der Waals surface area contributed by atoms with Crippen molar-refractivity contribution in [2.24, 2.45) is 5.92 Å². The van der Waals surface area contributed by atoms with Gasteiger partial charge in [-0.1, -0.05) is 20.3 Å². The maximum atomic E-state index is 12.1. The van der Waals surface area contributed by atoms with Gasteiger partial charge in [0.2, 0.25) is 0 Å². The third-order valence-corrected chi connectivity index (χ3v) is 5.02. The lowest BCUT2D eigenvalue weighted by molar-refractivity contribution is 0.0601. The summed E-state index contributed by atoms with van der Waals surface area (Å²) in [7, 11) is 1.36. The number of carbonyl (C=O) groups excluding carboxylic acids is 2. The Bertz CT molecular complexity index is 553. The molecule has 0 radical (unpaired) electrons. The third kappa shape index (κ3) is 3.80. The Morgan fingerprint density at radius 2 is 2.18 bits per heavy atom. The van der Waals surface area contributed by atoms with E-state index in [0.717, 1.165) is 37.7 Å². The lowest BCUT2D eigenvalue weighted by Gasteiger charge is -2.18. The van der Waals surface area contributed by atoms with Gasteiger partial charge >= 0.3 is 12.1 Å². The Morgan fingerprint density at radius 3 is 2.86 bits per heavy atom. The molecule has 1 aromatic heterocycles. The molecule has 0 saturated heterocycles. The van der Waals surface area contributed by atoms with E-state index in [0.29, 0.717) is 23.1 Å². The number of thiophene rings is 1. The van der Waals surface area contributed by atoms with Gasteiger partial charge in [-0.15, -0.1) is 11.3 Å². The number of hydrogen-bond acceptors (Lipinski definition) is 5. The second-order valence-corrected chi connectivity index (χ2v) is 6.77. The summed E-state index contributed by atoms with van der Waals surface area (Å²) in [6.45, 7) is 4.62. The van der Waals surface area contributed by atoms with E-state index in [1.54, 1.807) is 0 Å². The maximum Gasteiger partial charge on any atom is 0.412 e. The first kappa shape index (κ1) is 16.8. The van der Waals surface area contributed by atoms with Gasteiger partial charge in [-0.2, -0.15) is 0 Å². The molecular weight excluding hydrogens is 302 g/mol. The molecule has 22 heavy (non-hydrogen) atoms. The van der Waals surface area contributed by atoms with E-state index in [2.05, 4.69) is 12.2 Å². The number of hydrogen-bond donors (Lipinski definition) is 1. The topological polar surface area (TPSA) is 64.6 Å². The van der Waals surface area contributed by atoms with Crippen molar-refractivity contribution in [1.29, 1.82) is 0 Å². The Balaban J connectivity index is 2.19. The van der Waals surface area contributed by atoms with E-state index in [1.165, 1.54) is 23.3 Å². The fourth-order valence-electron chi connectivity index (χ4n) is 2.59. The van der Waals surface area contributed by atoms with Crippen LogP contribution in [-0.4, -0.2) is 25.8 Å². The molecule has 1 aliphatic rings. The van der Waals surface area contributed by atoms with Gasteiger partial charge < -0.3 is 9.47 Å². The smallest absolute Gasteiger partial charge is 0.412 e. The molecule has 2 rings (SSSR count). The molecule has 1 N–H and O–H groups in total. The van der Waals surface area contributed by atoms with Crippen LogP contribution in [0.1, 0.15) is 53.9 Å². The average molecular weight is 325 g/mol. The number of rotatable bonds is 5. The zero-order valence-electron chi connectivity index (χ0n) is 13.4. The van der Waals surface area contributed by atoms with Gasteiger partial charge in [0, 0.05) is 4.88 Å². The van der Waals surface area contributed by atoms with Crippen molar-refractivity contribution in [2.45, 2.75) is 46.0 Å². The van der Waals surface area contributed by atoms with Crippen molar-refractivity contribution in [2.75, 3.05) is 19.0 Å². The number of anilines is 1. The molecule has 6 heteroatoms. The molecule has 0 fully saturated rings. The summed E-state index contributed by atoms with van der Waals surface area (Å²) in [5.41, 5.74) is 1.53. The number of carbonyl (C=O) groups is 2. The Morgan fingerprint density at radius 1 is 1.41 bits per heavy atom. The van der Waals surface area contributed by atoms with Gasteiger partial charge in [-0.25, -0.2) is 9.59 Å². The molecule has 1 atom stereocenters. The summed E-state index contributed by atoms with van der Waals surface area (Å²) in [5, 5.41) is 3.26. The van der Waals surface area contributed by atoms with Crippen molar-refractivity contribution in [3.63, 3.8) is 0 Å². The summed E-state index contributed by atoms with van der Waals surface area (Å²) in [4.78, 5) is 25.1. The molecule has 1 aliphatic carbocycles. The predicted octanol–water partition coefficient (Wildman–Crippen LogP) is 4.01. The highest BCUT2D eigenvalue weighted by Gasteiger charge is 2.29. The van der Waals surface area contributed by atoms with Gasteiger partial charge in [-0.05, 0) is 37.2 Å². The predicted molar refractivity (Wildman–Crippen MR) is 86.7 cm³/mol. The maximum absolute atomic E-state index is 12.1. The monoisotopic (exact) mass is 325 g/mol. The first-order chi connectivity index (χ1) is 10.6. The highest BCUT2D eigenvalue weighted by Crippen LogP contribution is 2.40. The number of nitrogens with one attached hydrogen (secondary N) is 1. The molecule has 1 heterocycles. The summed E-state index contributed by atoms with van der Waals surface area (Å²) in [6.07, 6.45) is 4.13. The molecule has 0 saturated carbocycles. The molecule has 0 bridgehead atoms. The van der Waals surface area contributed by atoms with Crippen LogP contribution in [0.4, 0.5) is 9.80 Å². The van der Waals surface area contributed by atoms with Gasteiger partial charge in [0.1, 0.15) is 5.00 Å². The number of esters is 1. The number of amides is 1. The molecule has 122 valence electrons. The molecule has 0 aromatic carbocycles. The highest BCUT2D eigenvalue weighted by molar-refractivity contribution is 7.17. The molecule has 0 unspecified atom stereocenters. The fraction of sp³-hybridized carbons (Fsp3) is 0.625. The standard InChI is InChI=1S/C16H23NO4S/c1-4-5-8-21-16(19)17-14-13(15(18)20-3)11-7-6-10(2)9-12(11)22-14/h10H,4-9H2,1-3H3,(H,17,19)/t10-/m1/s1. The van der Waals surface area contributed by atoms with Crippen LogP contribution in [0, 0.1) is 5.92 Å². The van der Waals surface area contributed by atoms with Crippen LogP contribution in [-0.2, 0) is 22.3 Å². The van der Waals surface area contributed by atoms with Gasteiger partial charge in [-0.3, -0.25) is 5.32 Å². The van der Waals surface area contributed by atoms with Gasteiger partial charge in [0.05, 0.1) is 19.3 Å². The number of methoxy groups -OCH3 is 1. The van der Waals surface area contributed by atoms with Crippen LogP contribution < -0.4 is 5.32 Å². The molecule has 0 aliphatic heterocycles. The summed E-state index contributed by atoms with van der Waals surface area (Å²) in [5.74, 6) is 0.205. The lowest BCUT2D eigenvalue weighted by atomic mass is 9.88. The zero-order chi connectivity index (χ0) is 16.1. The zero-order valence-corrected chi connectivity index (χ0v) is 14.2. The average Bonchev–Trinajstić information content (AvgIpc) is 2.83.